The van der Waals surface area contributed by atoms with Crippen LogP contribution in [-0.4, -0.2) is 16.1 Å². The van der Waals surface area contributed by atoms with Crippen molar-refractivity contribution in [2.24, 2.45) is 0 Å². The Bertz CT molecular complexity index is 562. The summed E-state index contributed by atoms with van der Waals surface area (Å²) in [6.45, 7) is 0.0346. The summed E-state index contributed by atoms with van der Waals surface area (Å²) in [6.07, 6.45) is 8.18. The summed E-state index contributed by atoms with van der Waals surface area (Å²) < 4.78 is 0. The number of hydrogen-bond acceptors (Lipinski definition) is 3. The molecule has 0 saturated heterocycles. The van der Waals surface area contributed by atoms with Gasteiger partial charge < -0.3 is 10.4 Å². The molecule has 2 N–H and O–H groups in total. The molecule has 0 radical (unpaired) electrons. The number of rotatable bonds is 3. The Morgan fingerprint density at radius 2 is 1.95 bits per heavy atom. The first-order valence-corrected chi connectivity index (χ1v) is 7.12. The van der Waals surface area contributed by atoms with E-state index in [1.807, 2.05) is 18.2 Å². The van der Waals surface area contributed by atoms with Crippen LogP contribution in [-0.2, 0) is 6.61 Å². The van der Waals surface area contributed by atoms with E-state index in [0.717, 1.165) is 22.2 Å². The third-order valence-electron chi connectivity index (χ3n) is 3.98. The van der Waals surface area contributed by atoms with Crippen molar-refractivity contribution in [2.45, 2.75) is 44.8 Å². The van der Waals surface area contributed by atoms with Gasteiger partial charge in [-0.2, -0.15) is 0 Å². The molecule has 3 rings (SSSR count). The van der Waals surface area contributed by atoms with Crippen LogP contribution in [0.3, 0.4) is 0 Å². The number of hydrogen-bond donors (Lipinski definition) is 2. The average molecular weight is 256 g/mol. The first-order chi connectivity index (χ1) is 9.38. The predicted molar refractivity (Wildman–Crippen MR) is 78.2 cm³/mol. The Hall–Kier alpha value is -1.61. The van der Waals surface area contributed by atoms with Gasteiger partial charge in [0.2, 0.25) is 0 Å². The minimum atomic E-state index is 0.0346. The van der Waals surface area contributed by atoms with Gasteiger partial charge in [-0.05, 0) is 18.9 Å². The second-order valence-electron chi connectivity index (χ2n) is 5.31. The van der Waals surface area contributed by atoms with E-state index >= 15 is 0 Å². The number of nitrogens with one attached hydrogen (secondary N) is 1. The van der Waals surface area contributed by atoms with Crippen LogP contribution in [0, 0.1) is 0 Å². The first-order valence-electron chi connectivity index (χ1n) is 7.12. The van der Waals surface area contributed by atoms with E-state index in [0.29, 0.717) is 6.04 Å². The number of fused-ring (bicyclic) bond motifs is 1. The molecule has 1 fully saturated rings. The van der Waals surface area contributed by atoms with Crippen LogP contribution in [0.5, 0.6) is 0 Å². The Morgan fingerprint density at radius 3 is 2.74 bits per heavy atom. The van der Waals surface area contributed by atoms with Crippen molar-refractivity contribution in [1.82, 2.24) is 4.98 Å². The van der Waals surface area contributed by atoms with Crippen molar-refractivity contribution in [3.05, 3.63) is 36.0 Å². The van der Waals surface area contributed by atoms with Crippen molar-refractivity contribution in [3.63, 3.8) is 0 Å². The van der Waals surface area contributed by atoms with Crippen molar-refractivity contribution < 1.29 is 5.11 Å². The van der Waals surface area contributed by atoms with Gasteiger partial charge >= 0.3 is 0 Å². The van der Waals surface area contributed by atoms with Crippen LogP contribution in [0.4, 0.5) is 5.69 Å². The largest absolute Gasteiger partial charge is 0.392 e. The molecule has 1 aromatic carbocycles. The molecular weight excluding hydrogens is 236 g/mol. The molecule has 1 aromatic heterocycles. The smallest absolute Gasteiger partial charge is 0.0722 e. The highest BCUT2D eigenvalue weighted by molar-refractivity contribution is 5.92. The van der Waals surface area contributed by atoms with Crippen molar-refractivity contribution in [3.8, 4) is 0 Å². The fourth-order valence-electron chi connectivity index (χ4n) is 2.92. The van der Waals surface area contributed by atoms with Gasteiger partial charge in [-0.3, -0.25) is 4.98 Å². The summed E-state index contributed by atoms with van der Waals surface area (Å²) in [7, 11) is 0. The van der Waals surface area contributed by atoms with E-state index in [4.69, 9.17) is 0 Å². The second kappa shape index (κ2) is 5.57. The van der Waals surface area contributed by atoms with Crippen LogP contribution < -0.4 is 5.32 Å². The number of nitrogens with zero attached hydrogens (tertiary/aromatic N) is 1. The number of aliphatic hydroxyl groups excluding tert-OH is 1. The maximum Gasteiger partial charge on any atom is 0.0722 e. The van der Waals surface area contributed by atoms with Crippen LogP contribution in [0.1, 0.15) is 37.7 Å². The highest BCUT2D eigenvalue weighted by Gasteiger charge is 2.16. The van der Waals surface area contributed by atoms with E-state index in [2.05, 4.69) is 16.4 Å². The predicted octanol–water partition coefficient (Wildman–Crippen LogP) is 3.47. The van der Waals surface area contributed by atoms with Crippen molar-refractivity contribution >= 4 is 16.6 Å². The summed E-state index contributed by atoms with van der Waals surface area (Å²) in [5, 5.41) is 14.3. The quantitative estimate of drug-likeness (QED) is 0.883. The Kier molecular flexibility index (Phi) is 3.65. The van der Waals surface area contributed by atoms with Gasteiger partial charge in [-0.15, -0.1) is 0 Å². The van der Waals surface area contributed by atoms with E-state index in [1.54, 1.807) is 6.20 Å². The fraction of sp³-hybridized carbons (Fsp3) is 0.438. The monoisotopic (exact) mass is 256 g/mol. The van der Waals surface area contributed by atoms with Gasteiger partial charge in [0.1, 0.15) is 0 Å². The Morgan fingerprint density at radius 1 is 1.16 bits per heavy atom. The first kappa shape index (κ1) is 12.4. The molecule has 100 valence electrons. The van der Waals surface area contributed by atoms with Gasteiger partial charge in [0.25, 0.3) is 0 Å². The van der Waals surface area contributed by atoms with E-state index in [-0.39, 0.29) is 6.61 Å². The number of aromatic nitrogens is 1. The maximum atomic E-state index is 9.53. The zero-order valence-electron chi connectivity index (χ0n) is 11.1. The highest BCUT2D eigenvalue weighted by Crippen LogP contribution is 2.29. The highest BCUT2D eigenvalue weighted by atomic mass is 16.3. The fourth-order valence-corrected chi connectivity index (χ4v) is 2.92. The summed E-state index contributed by atoms with van der Waals surface area (Å²) in [5.41, 5.74) is 2.95. The Balaban J connectivity index is 1.98. The molecule has 1 aliphatic rings. The summed E-state index contributed by atoms with van der Waals surface area (Å²) >= 11 is 0. The summed E-state index contributed by atoms with van der Waals surface area (Å²) in [4.78, 5) is 4.41. The number of anilines is 1. The standard InChI is InChI=1S/C16H20N2O/c19-11-12-10-17-15-9-5-4-8-14(15)16(12)18-13-6-2-1-3-7-13/h4-5,8-10,13,19H,1-3,6-7,11H2,(H,17,18). The number of pyridine rings is 1. The number of para-hydroxylation sites is 1. The lowest BCUT2D eigenvalue weighted by atomic mass is 9.95. The molecule has 1 heterocycles. The third kappa shape index (κ3) is 2.56. The van der Waals surface area contributed by atoms with Crippen molar-refractivity contribution in [2.75, 3.05) is 5.32 Å². The van der Waals surface area contributed by atoms with Gasteiger partial charge in [0.15, 0.2) is 0 Å². The third-order valence-corrected chi connectivity index (χ3v) is 3.98. The van der Waals surface area contributed by atoms with Crippen LogP contribution in [0.25, 0.3) is 10.9 Å². The van der Waals surface area contributed by atoms with Crippen LogP contribution >= 0.6 is 0 Å². The van der Waals surface area contributed by atoms with Gasteiger partial charge in [-0.1, -0.05) is 37.5 Å². The lowest BCUT2D eigenvalue weighted by molar-refractivity contribution is 0.282. The molecule has 1 saturated carbocycles. The molecule has 0 atom stereocenters. The summed E-state index contributed by atoms with van der Waals surface area (Å²) in [5.74, 6) is 0. The molecule has 19 heavy (non-hydrogen) atoms. The minimum Gasteiger partial charge on any atom is -0.392 e. The van der Waals surface area contributed by atoms with Gasteiger partial charge in [0.05, 0.1) is 17.8 Å². The molecule has 0 amide bonds. The Labute approximate surface area is 113 Å². The molecule has 0 spiro atoms. The molecule has 2 aromatic rings. The van der Waals surface area contributed by atoms with Gasteiger partial charge in [-0.25, -0.2) is 0 Å². The zero-order valence-corrected chi connectivity index (χ0v) is 11.1. The van der Waals surface area contributed by atoms with E-state index in [9.17, 15) is 5.11 Å². The number of benzene rings is 1. The zero-order chi connectivity index (χ0) is 13.1. The maximum absolute atomic E-state index is 9.53. The van der Waals surface area contributed by atoms with Crippen molar-refractivity contribution in [1.29, 1.82) is 0 Å². The molecule has 0 aliphatic heterocycles. The molecular formula is C16H20N2O. The number of aliphatic hydroxyl groups is 1. The lowest BCUT2D eigenvalue weighted by Gasteiger charge is -2.25. The molecule has 1 aliphatic carbocycles. The normalized spacial score (nSPS) is 16.7. The SMILES string of the molecule is OCc1cnc2ccccc2c1NC1CCCCC1. The molecule has 3 nitrogen and oxygen atoms in total. The van der Waals surface area contributed by atoms with Crippen LogP contribution in [0.15, 0.2) is 30.5 Å². The van der Waals surface area contributed by atoms with E-state index < -0.39 is 0 Å². The van der Waals surface area contributed by atoms with Crippen LogP contribution in [0.2, 0.25) is 0 Å². The second-order valence-corrected chi connectivity index (χ2v) is 5.31. The lowest BCUT2D eigenvalue weighted by Crippen LogP contribution is -2.23. The van der Waals surface area contributed by atoms with Gasteiger partial charge in [0, 0.05) is 23.2 Å². The average Bonchev–Trinajstić information content (AvgIpc) is 2.49. The summed E-state index contributed by atoms with van der Waals surface area (Å²) in [6, 6.07) is 8.65. The van der Waals surface area contributed by atoms with E-state index in [1.165, 1.54) is 32.1 Å². The molecule has 0 unspecified atom stereocenters. The minimum absolute atomic E-state index is 0.0346. The molecule has 0 bridgehead atoms. The molecule has 3 heteroatoms. The topological polar surface area (TPSA) is 45.2 Å².